The Bertz CT molecular complexity index is 753. The Hall–Kier alpha value is -1.99. The molecular weight excluding hydrogens is 306 g/mol. The van der Waals surface area contributed by atoms with Crippen LogP contribution < -0.4 is 0 Å². The first kappa shape index (κ1) is 15.5. The summed E-state index contributed by atoms with van der Waals surface area (Å²) in [5.74, 6) is 0.506. The molecule has 0 bridgehead atoms. The van der Waals surface area contributed by atoms with E-state index in [1.54, 1.807) is 10.7 Å². The molecule has 2 aromatic heterocycles. The van der Waals surface area contributed by atoms with Crippen LogP contribution in [0.25, 0.3) is 5.65 Å². The zero-order valence-electron chi connectivity index (χ0n) is 14.2. The van der Waals surface area contributed by atoms with Crippen molar-refractivity contribution < 1.29 is 9.53 Å². The molecule has 7 heteroatoms. The zero-order chi connectivity index (χ0) is 16.7. The van der Waals surface area contributed by atoms with Crippen LogP contribution in [0, 0.1) is 12.8 Å². The van der Waals surface area contributed by atoms with E-state index in [-0.39, 0.29) is 5.91 Å². The minimum atomic E-state index is 0.0452. The summed E-state index contributed by atoms with van der Waals surface area (Å²) in [6.07, 6.45) is 3.53. The van der Waals surface area contributed by atoms with Crippen LogP contribution in [0.4, 0.5) is 0 Å². The smallest absolute Gasteiger partial charge is 0.259 e. The number of carbonyl (C=O) groups excluding carboxylic acids is 1. The van der Waals surface area contributed by atoms with Crippen molar-refractivity contribution in [2.45, 2.75) is 19.9 Å². The van der Waals surface area contributed by atoms with Crippen LogP contribution >= 0.6 is 0 Å². The number of fused-ring (bicyclic) bond motifs is 1. The molecule has 0 radical (unpaired) electrons. The van der Waals surface area contributed by atoms with Crippen molar-refractivity contribution in [3.63, 3.8) is 0 Å². The van der Waals surface area contributed by atoms with Crippen LogP contribution in [0.15, 0.2) is 18.5 Å². The van der Waals surface area contributed by atoms with E-state index in [1.807, 2.05) is 24.1 Å². The molecule has 0 N–H and O–H groups in total. The summed E-state index contributed by atoms with van der Waals surface area (Å²) in [5, 5.41) is 4.41. The lowest BCUT2D eigenvalue weighted by molar-refractivity contribution is 0.0119. The highest BCUT2D eigenvalue weighted by Gasteiger charge is 2.38. The standard InChI is InChI=1S/C17H23N5O2/c1-12-10-21(11-14(12)20-6-8-24-9-7-20)17(23)15-13(2)19-22-5-3-4-18-16(15)22/h3-5,12,14H,6-11H2,1-2H3/t12-,14+/m0/s1. The maximum atomic E-state index is 13.1. The average molecular weight is 329 g/mol. The van der Waals surface area contributed by atoms with Crippen molar-refractivity contribution in [3.05, 3.63) is 29.7 Å². The molecule has 7 nitrogen and oxygen atoms in total. The molecule has 2 atom stereocenters. The largest absolute Gasteiger partial charge is 0.379 e. The van der Waals surface area contributed by atoms with Crippen LogP contribution in [0.3, 0.4) is 0 Å². The highest BCUT2D eigenvalue weighted by Crippen LogP contribution is 2.25. The lowest BCUT2D eigenvalue weighted by atomic mass is 10.0. The van der Waals surface area contributed by atoms with E-state index in [0.717, 1.165) is 45.1 Å². The third-order valence-corrected chi connectivity index (χ3v) is 5.16. The number of hydrogen-bond acceptors (Lipinski definition) is 5. The minimum absolute atomic E-state index is 0.0452. The molecule has 24 heavy (non-hydrogen) atoms. The van der Waals surface area contributed by atoms with Crippen molar-refractivity contribution >= 4 is 11.6 Å². The van der Waals surface area contributed by atoms with Crippen molar-refractivity contribution in [2.24, 2.45) is 5.92 Å². The number of hydrogen-bond donors (Lipinski definition) is 0. The molecule has 2 saturated heterocycles. The van der Waals surface area contributed by atoms with Crippen molar-refractivity contribution in [2.75, 3.05) is 39.4 Å². The summed E-state index contributed by atoms with van der Waals surface area (Å²) in [5.41, 5.74) is 2.01. The molecule has 0 aliphatic carbocycles. The maximum Gasteiger partial charge on any atom is 0.259 e. The van der Waals surface area contributed by atoms with Gasteiger partial charge in [0.15, 0.2) is 5.65 Å². The molecule has 1 amide bonds. The Morgan fingerprint density at radius 2 is 2.08 bits per heavy atom. The number of ether oxygens (including phenoxy) is 1. The normalized spacial score (nSPS) is 25.5. The zero-order valence-corrected chi connectivity index (χ0v) is 14.2. The fourth-order valence-corrected chi connectivity index (χ4v) is 3.90. The van der Waals surface area contributed by atoms with Gasteiger partial charge in [0.2, 0.25) is 0 Å². The number of morpholine rings is 1. The quantitative estimate of drug-likeness (QED) is 0.817. The first-order valence-corrected chi connectivity index (χ1v) is 8.56. The van der Waals surface area contributed by atoms with E-state index >= 15 is 0 Å². The molecule has 4 rings (SSSR count). The van der Waals surface area contributed by atoms with E-state index in [4.69, 9.17) is 4.74 Å². The van der Waals surface area contributed by atoms with Crippen molar-refractivity contribution in [3.8, 4) is 0 Å². The highest BCUT2D eigenvalue weighted by molar-refractivity contribution is 6.01. The van der Waals surface area contributed by atoms with E-state index in [0.29, 0.717) is 23.2 Å². The van der Waals surface area contributed by atoms with Gasteiger partial charge in [-0.05, 0) is 18.9 Å². The number of amides is 1. The van der Waals surface area contributed by atoms with E-state index in [2.05, 4.69) is 21.9 Å². The maximum absolute atomic E-state index is 13.1. The molecule has 2 aromatic rings. The predicted octanol–water partition coefficient (Wildman–Crippen LogP) is 0.830. The Morgan fingerprint density at radius 3 is 2.88 bits per heavy atom. The predicted molar refractivity (Wildman–Crippen MR) is 89.0 cm³/mol. The SMILES string of the molecule is Cc1nn2cccnc2c1C(=O)N1C[C@@H](N2CCOCC2)[C@@H](C)C1. The number of nitrogens with zero attached hydrogens (tertiary/aromatic N) is 5. The molecule has 0 unspecified atom stereocenters. The first-order chi connectivity index (χ1) is 11.6. The van der Waals surface area contributed by atoms with Crippen LogP contribution in [0.1, 0.15) is 23.0 Å². The summed E-state index contributed by atoms with van der Waals surface area (Å²) in [4.78, 5) is 21.9. The first-order valence-electron chi connectivity index (χ1n) is 8.56. The lowest BCUT2D eigenvalue weighted by Crippen LogP contribution is -2.47. The van der Waals surface area contributed by atoms with Gasteiger partial charge in [-0.3, -0.25) is 9.69 Å². The molecule has 0 aromatic carbocycles. The van der Waals surface area contributed by atoms with Crippen LogP contribution in [0.5, 0.6) is 0 Å². The Kier molecular flexibility index (Phi) is 3.97. The minimum Gasteiger partial charge on any atom is -0.379 e. The number of rotatable bonds is 2. The van der Waals surface area contributed by atoms with Crippen LogP contribution in [-0.2, 0) is 4.74 Å². The Labute approximate surface area is 141 Å². The van der Waals surface area contributed by atoms with E-state index in [1.165, 1.54) is 0 Å². The van der Waals surface area contributed by atoms with Gasteiger partial charge in [0.25, 0.3) is 5.91 Å². The summed E-state index contributed by atoms with van der Waals surface area (Å²) in [6, 6.07) is 2.23. The molecular formula is C17H23N5O2. The summed E-state index contributed by atoms with van der Waals surface area (Å²) in [7, 11) is 0. The Morgan fingerprint density at radius 1 is 1.29 bits per heavy atom. The van der Waals surface area contributed by atoms with Gasteiger partial charge in [0.1, 0.15) is 5.56 Å². The van der Waals surface area contributed by atoms with Crippen LogP contribution in [-0.4, -0.2) is 75.7 Å². The topological polar surface area (TPSA) is 63.0 Å². The van der Waals surface area contributed by atoms with E-state index in [9.17, 15) is 4.79 Å². The molecule has 0 spiro atoms. The second-order valence-electron chi connectivity index (χ2n) is 6.75. The van der Waals surface area contributed by atoms with E-state index < -0.39 is 0 Å². The molecule has 2 aliphatic rings. The lowest BCUT2D eigenvalue weighted by Gasteiger charge is -2.33. The molecule has 0 saturated carbocycles. The summed E-state index contributed by atoms with van der Waals surface area (Å²) < 4.78 is 7.13. The molecule has 4 heterocycles. The fourth-order valence-electron chi connectivity index (χ4n) is 3.90. The van der Waals surface area contributed by atoms with Gasteiger partial charge >= 0.3 is 0 Å². The van der Waals surface area contributed by atoms with Gasteiger partial charge in [-0.1, -0.05) is 6.92 Å². The second kappa shape index (κ2) is 6.14. The fraction of sp³-hybridized carbons (Fsp3) is 0.588. The third kappa shape index (κ3) is 2.57. The molecule has 2 fully saturated rings. The third-order valence-electron chi connectivity index (χ3n) is 5.16. The summed E-state index contributed by atoms with van der Waals surface area (Å²) >= 11 is 0. The molecule has 128 valence electrons. The highest BCUT2D eigenvalue weighted by atomic mass is 16.5. The van der Waals surface area contributed by atoms with Gasteiger partial charge in [-0.2, -0.15) is 5.10 Å². The average Bonchev–Trinajstić information content (AvgIpc) is 3.14. The van der Waals surface area contributed by atoms with Gasteiger partial charge in [-0.25, -0.2) is 9.50 Å². The molecule has 2 aliphatic heterocycles. The van der Waals surface area contributed by atoms with Gasteiger partial charge in [-0.15, -0.1) is 0 Å². The monoisotopic (exact) mass is 329 g/mol. The number of aromatic nitrogens is 3. The Balaban J connectivity index is 1.57. The number of carbonyl (C=O) groups is 1. The summed E-state index contributed by atoms with van der Waals surface area (Å²) in [6.45, 7) is 9.13. The second-order valence-corrected chi connectivity index (χ2v) is 6.75. The van der Waals surface area contributed by atoms with Gasteiger partial charge in [0.05, 0.1) is 18.9 Å². The van der Waals surface area contributed by atoms with Crippen LogP contribution in [0.2, 0.25) is 0 Å². The number of aryl methyl sites for hydroxylation is 1. The van der Waals surface area contributed by atoms with Crippen molar-refractivity contribution in [1.82, 2.24) is 24.4 Å². The number of likely N-dealkylation sites (tertiary alicyclic amines) is 1. The van der Waals surface area contributed by atoms with Gasteiger partial charge in [0, 0.05) is 44.6 Å². The van der Waals surface area contributed by atoms with Crippen molar-refractivity contribution in [1.29, 1.82) is 0 Å². The van der Waals surface area contributed by atoms with Gasteiger partial charge < -0.3 is 9.64 Å².